The van der Waals surface area contributed by atoms with Gasteiger partial charge in [-0.3, -0.25) is 9.59 Å². The summed E-state index contributed by atoms with van der Waals surface area (Å²) in [6.07, 6.45) is 9.02. The Kier molecular flexibility index (Phi) is 6.40. The molecule has 1 aliphatic carbocycles. The topological polar surface area (TPSA) is 83.6 Å². The van der Waals surface area contributed by atoms with Gasteiger partial charge in [0.15, 0.2) is 5.89 Å². The molecule has 2 atom stereocenters. The summed E-state index contributed by atoms with van der Waals surface area (Å²) in [5.74, 6) is -0.583. The minimum Gasteiger partial charge on any atom is -0.495 e. The van der Waals surface area contributed by atoms with E-state index in [2.05, 4.69) is 4.98 Å². The average molecular weight is 451 g/mol. The third-order valence-corrected chi connectivity index (χ3v) is 4.85. The molecule has 7 nitrogen and oxygen atoms in total. The van der Waals surface area contributed by atoms with E-state index < -0.39 is 22.2 Å². The second-order valence-electron chi connectivity index (χ2n) is 8.08. The Morgan fingerprint density at radius 2 is 2.13 bits per heavy atom. The van der Waals surface area contributed by atoms with Crippen molar-refractivity contribution in [3.8, 4) is 11.6 Å². The Labute approximate surface area is 184 Å². The van der Waals surface area contributed by atoms with Gasteiger partial charge in [-0.2, -0.15) is 0 Å². The van der Waals surface area contributed by atoms with Gasteiger partial charge in [-0.25, -0.2) is 13.9 Å². The number of pyridine rings is 1. The van der Waals surface area contributed by atoms with Gasteiger partial charge in [0.25, 0.3) is 5.56 Å². The number of carbonyl (C=O) groups is 1. The van der Waals surface area contributed by atoms with Crippen LogP contribution in [-0.2, 0) is 16.0 Å². The van der Waals surface area contributed by atoms with Gasteiger partial charge in [0.2, 0.25) is 11.0 Å². The number of aryl methyl sites for hydroxylation is 1. The molecule has 0 N–H and O–H groups in total. The molecule has 0 spiro atoms. The number of rotatable bonds is 6. The van der Waals surface area contributed by atoms with E-state index in [9.17, 15) is 14.0 Å². The zero-order chi connectivity index (χ0) is 22.8. The lowest BCUT2D eigenvalue weighted by atomic mass is 9.90. The fourth-order valence-electron chi connectivity index (χ4n) is 3.15. The lowest BCUT2D eigenvalue weighted by Crippen LogP contribution is -2.26. The maximum absolute atomic E-state index is 14.7. The maximum Gasteiger partial charge on any atom is 0.306 e. The zero-order valence-electron chi connectivity index (χ0n) is 17.7. The van der Waals surface area contributed by atoms with Gasteiger partial charge >= 0.3 is 5.97 Å². The van der Waals surface area contributed by atoms with Crippen molar-refractivity contribution in [2.75, 3.05) is 7.11 Å². The summed E-state index contributed by atoms with van der Waals surface area (Å²) >= 11 is 5.98. The molecule has 1 aliphatic rings. The van der Waals surface area contributed by atoms with Crippen molar-refractivity contribution in [2.45, 2.75) is 50.3 Å². The summed E-state index contributed by atoms with van der Waals surface area (Å²) in [5.41, 5.74) is -0.735. The molecule has 2 aromatic rings. The number of esters is 1. The predicted octanol–water partition coefficient (Wildman–Crippen LogP) is 4.22. The highest BCUT2D eigenvalue weighted by molar-refractivity contribution is 6.25. The number of alkyl halides is 2. The first-order valence-corrected chi connectivity index (χ1v) is 10.1. The predicted molar refractivity (Wildman–Crippen MR) is 114 cm³/mol. The van der Waals surface area contributed by atoms with Crippen molar-refractivity contribution >= 4 is 17.6 Å². The van der Waals surface area contributed by atoms with E-state index in [1.165, 1.54) is 42.3 Å². The van der Waals surface area contributed by atoms with Gasteiger partial charge in [0.05, 0.1) is 31.8 Å². The third kappa shape index (κ3) is 5.44. The second kappa shape index (κ2) is 8.70. The first kappa shape index (κ1) is 22.8. The van der Waals surface area contributed by atoms with Gasteiger partial charge in [0.1, 0.15) is 11.4 Å². The Balaban J connectivity index is 1.83. The molecule has 0 radical (unpaired) electrons. The van der Waals surface area contributed by atoms with E-state index in [1.807, 2.05) is 0 Å². The van der Waals surface area contributed by atoms with Crippen molar-refractivity contribution < 1.29 is 23.1 Å². The minimum absolute atomic E-state index is 0.0875. The molecule has 0 amide bonds. The molecule has 2 heterocycles. The van der Waals surface area contributed by atoms with Gasteiger partial charge in [-0.15, -0.1) is 0 Å². The zero-order valence-corrected chi connectivity index (χ0v) is 18.5. The van der Waals surface area contributed by atoms with Gasteiger partial charge < -0.3 is 13.9 Å². The number of hydrogen-bond donors (Lipinski definition) is 0. The first-order valence-electron chi connectivity index (χ1n) is 9.71. The quantitative estimate of drug-likeness (QED) is 0.484. The number of oxazole rings is 1. The second-order valence-corrected chi connectivity index (χ2v) is 8.66. The highest BCUT2D eigenvalue weighted by atomic mass is 35.5. The summed E-state index contributed by atoms with van der Waals surface area (Å²) < 4.78 is 32.2. The van der Waals surface area contributed by atoms with Crippen LogP contribution in [0.2, 0.25) is 0 Å². The van der Waals surface area contributed by atoms with Crippen molar-refractivity contribution in [2.24, 2.45) is 0 Å². The summed E-state index contributed by atoms with van der Waals surface area (Å²) in [6, 6.07) is 1.26. The Morgan fingerprint density at radius 1 is 1.39 bits per heavy atom. The molecule has 31 heavy (non-hydrogen) atoms. The molecule has 0 fully saturated rings. The van der Waals surface area contributed by atoms with Crippen LogP contribution in [0.5, 0.6) is 5.75 Å². The number of carbonyl (C=O) groups excluding carboxylic acids is 1. The minimum atomic E-state index is -2.18. The smallest absolute Gasteiger partial charge is 0.306 e. The van der Waals surface area contributed by atoms with E-state index in [0.717, 1.165) is 0 Å². The number of allylic oxidation sites excluding steroid dienone is 4. The molecule has 2 aromatic heterocycles. The highest BCUT2D eigenvalue weighted by Gasteiger charge is 2.37. The average Bonchev–Trinajstić information content (AvgIpc) is 3.13. The normalized spacial score (nSPS) is 20.6. The van der Waals surface area contributed by atoms with Gasteiger partial charge in [-0.1, -0.05) is 29.8 Å². The lowest BCUT2D eigenvalue weighted by Gasteiger charge is -2.26. The molecule has 166 valence electrons. The van der Waals surface area contributed by atoms with E-state index in [1.54, 1.807) is 32.9 Å². The highest BCUT2D eigenvalue weighted by Crippen LogP contribution is 2.42. The number of ether oxygens (including phenoxy) is 2. The van der Waals surface area contributed by atoms with Crippen LogP contribution in [0.3, 0.4) is 0 Å². The monoisotopic (exact) mass is 450 g/mol. The van der Waals surface area contributed by atoms with E-state index in [4.69, 9.17) is 25.5 Å². The van der Waals surface area contributed by atoms with Gasteiger partial charge in [0, 0.05) is 18.1 Å². The number of nitrogens with zero attached hydrogens (tertiary/aromatic N) is 2. The van der Waals surface area contributed by atoms with Crippen LogP contribution in [0.1, 0.15) is 44.6 Å². The molecule has 3 rings (SSSR count). The standard InChI is InChI=1S/C22H24ClFN2O5/c1-21(2,3)31-20(28)9-8-17-25-12-19(30-17)26-13-16(29-4)14(11-18(26)27)15-7-5-6-10-22(15,23)24/h5-7,10-13,15H,8-9H2,1-4H3. The molecule has 0 aromatic carbocycles. The molecule has 9 heteroatoms. The Bertz CT molecular complexity index is 1080. The van der Waals surface area contributed by atoms with Crippen LogP contribution in [0.25, 0.3) is 5.88 Å². The Hall–Kier alpha value is -2.87. The summed E-state index contributed by atoms with van der Waals surface area (Å²) in [6.45, 7) is 5.36. The molecular formula is C22H24ClFN2O5. The summed E-state index contributed by atoms with van der Waals surface area (Å²) in [5, 5.41) is -2.18. The third-order valence-electron chi connectivity index (χ3n) is 4.49. The molecule has 0 aliphatic heterocycles. The van der Waals surface area contributed by atoms with Crippen LogP contribution in [0, 0.1) is 0 Å². The van der Waals surface area contributed by atoms with E-state index in [-0.39, 0.29) is 36.3 Å². The number of hydrogen-bond acceptors (Lipinski definition) is 6. The van der Waals surface area contributed by atoms with Gasteiger partial charge in [-0.05, 0) is 26.8 Å². The molecular weight excluding hydrogens is 427 g/mol. The van der Waals surface area contributed by atoms with Crippen LogP contribution in [0.15, 0.2) is 52.0 Å². The molecule has 2 unspecified atom stereocenters. The van der Waals surface area contributed by atoms with Crippen LogP contribution in [0.4, 0.5) is 4.39 Å². The van der Waals surface area contributed by atoms with Crippen molar-refractivity contribution in [3.63, 3.8) is 0 Å². The van der Waals surface area contributed by atoms with Crippen LogP contribution in [-0.4, -0.2) is 33.4 Å². The lowest BCUT2D eigenvalue weighted by molar-refractivity contribution is -0.154. The number of aromatic nitrogens is 2. The molecule has 0 saturated carbocycles. The number of halogens is 2. The number of methoxy groups -OCH3 is 1. The molecule has 0 saturated heterocycles. The fraction of sp³-hybridized carbons (Fsp3) is 0.409. The van der Waals surface area contributed by atoms with Crippen LogP contribution < -0.4 is 10.3 Å². The molecule has 0 bridgehead atoms. The maximum atomic E-state index is 14.7. The Morgan fingerprint density at radius 3 is 2.77 bits per heavy atom. The van der Waals surface area contributed by atoms with Crippen molar-refractivity contribution in [3.05, 3.63) is 64.6 Å². The fourth-order valence-corrected chi connectivity index (χ4v) is 3.41. The summed E-state index contributed by atoms with van der Waals surface area (Å²) in [4.78, 5) is 28.7. The van der Waals surface area contributed by atoms with E-state index >= 15 is 0 Å². The van der Waals surface area contributed by atoms with Crippen molar-refractivity contribution in [1.29, 1.82) is 0 Å². The SMILES string of the molecule is COc1cn(-c2cnc(CCC(=O)OC(C)(C)C)o2)c(=O)cc1C1C=CC=CC1(F)Cl. The summed E-state index contributed by atoms with van der Waals surface area (Å²) in [7, 11) is 1.41. The first-order chi connectivity index (χ1) is 14.5. The van der Waals surface area contributed by atoms with E-state index in [0.29, 0.717) is 5.56 Å². The van der Waals surface area contributed by atoms with Crippen LogP contribution >= 0.6 is 11.6 Å². The van der Waals surface area contributed by atoms with Crippen molar-refractivity contribution in [1.82, 2.24) is 9.55 Å². The largest absolute Gasteiger partial charge is 0.495 e.